The minimum absolute atomic E-state index is 0.0764. The molecule has 0 spiro atoms. The summed E-state index contributed by atoms with van der Waals surface area (Å²) in [6.07, 6.45) is 0. The zero-order valence-corrected chi connectivity index (χ0v) is 12.0. The highest BCUT2D eigenvalue weighted by molar-refractivity contribution is 7.17. The van der Waals surface area contributed by atoms with E-state index in [1.807, 2.05) is 6.92 Å². The van der Waals surface area contributed by atoms with Crippen molar-refractivity contribution in [2.75, 3.05) is 45.2 Å². The third kappa shape index (κ3) is 4.12. The van der Waals surface area contributed by atoms with Gasteiger partial charge >= 0.3 is 0 Å². The molecular formula is C11H19N5O2S. The van der Waals surface area contributed by atoms with Crippen molar-refractivity contribution in [3.8, 4) is 0 Å². The fourth-order valence-corrected chi connectivity index (χ4v) is 2.52. The van der Waals surface area contributed by atoms with Gasteiger partial charge < -0.3 is 15.4 Å². The van der Waals surface area contributed by atoms with Gasteiger partial charge in [-0.2, -0.15) is 0 Å². The Morgan fingerprint density at radius 2 is 2.21 bits per heavy atom. The fraction of sp³-hybridized carbons (Fsp3) is 0.727. The summed E-state index contributed by atoms with van der Waals surface area (Å²) in [5.41, 5.74) is 0. The summed E-state index contributed by atoms with van der Waals surface area (Å²) >= 11 is 1.25. The van der Waals surface area contributed by atoms with Gasteiger partial charge in [0.05, 0.1) is 13.2 Å². The van der Waals surface area contributed by atoms with E-state index >= 15 is 0 Å². The predicted molar refractivity (Wildman–Crippen MR) is 73.6 cm³/mol. The second kappa shape index (κ2) is 6.78. The van der Waals surface area contributed by atoms with Crippen molar-refractivity contribution < 1.29 is 9.53 Å². The van der Waals surface area contributed by atoms with Crippen LogP contribution in [0.4, 0.5) is 5.13 Å². The Labute approximate surface area is 116 Å². The maximum atomic E-state index is 12.0. The summed E-state index contributed by atoms with van der Waals surface area (Å²) in [6, 6.07) is 0.0764. The van der Waals surface area contributed by atoms with Gasteiger partial charge in [0.2, 0.25) is 10.1 Å². The molecule has 7 nitrogen and oxygen atoms in total. The maximum Gasteiger partial charge on any atom is 0.282 e. The lowest BCUT2D eigenvalue weighted by atomic mass is 10.3. The van der Waals surface area contributed by atoms with Gasteiger partial charge in [-0.15, -0.1) is 10.2 Å². The van der Waals surface area contributed by atoms with Crippen molar-refractivity contribution in [1.29, 1.82) is 0 Å². The van der Waals surface area contributed by atoms with Crippen molar-refractivity contribution in [2.45, 2.75) is 13.0 Å². The summed E-state index contributed by atoms with van der Waals surface area (Å²) in [7, 11) is 1.75. The van der Waals surface area contributed by atoms with Gasteiger partial charge in [-0.3, -0.25) is 9.69 Å². The van der Waals surface area contributed by atoms with Crippen LogP contribution in [0.25, 0.3) is 0 Å². The van der Waals surface area contributed by atoms with E-state index in [2.05, 4.69) is 25.7 Å². The lowest BCUT2D eigenvalue weighted by molar-refractivity contribution is 0.0342. The number of hydrogen-bond donors (Lipinski definition) is 2. The van der Waals surface area contributed by atoms with Crippen LogP contribution in [0.5, 0.6) is 0 Å². The molecule has 0 saturated carbocycles. The average Bonchev–Trinajstić information content (AvgIpc) is 2.88. The zero-order valence-electron chi connectivity index (χ0n) is 11.2. The van der Waals surface area contributed by atoms with E-state index in [1.54, 1.807) is 7.05 Å². The first kappa shape index (κ1) is 14.2. The summed E-state index contributed by atoms with van der Waals surface area (Å²) in [5.74, 6) is -0.167. The number of amides is 1. The highest BCUT2D eigenvalue weighted by Crippen LogP contribution is 2.14. The Bertz CT molecular complexity index is 419. The minimum atomic E-state index is -0.167. The number of rotatable bonds is 5. The summed E-state index contributed by atoms with van der Waals surface area (Å²) in [4.78, 5) is 14.2. The summed E-state index contributed by atoms with van der Waals surface area (Å²) in [6.45, 7) is 6.19. The number of nitrogens with one attached hydrogen (secondary N) is 2. The van der Waals surface area contributed by atoms with Crippen LogP contribution in [0.1, 0.15) is 16.7 Å². The number of anilines is 1. The van der Waals surface area contributed by atoms with Crippen LogP contribution in [0, 0.1) is 0 Å². The van der Waals surface area contributed by atoms with Crippen molar-refractivity contribution in [1.82, 2.24) is 20.4 Å². The van der Waals surface area contributed by atoms with E-state index in [1.165, 1.54) is 11.3 Å². The molecule has 1 aromatic heterocycles. The van der Waals surface area contributed by atoms with Crippen molar-refractivity contribution >= 4 is 22.4 Å². The van der Waals surface area contributed by atoms with Crippen LogP contribution >= 0.6 is 11.3 Å². The number of carbonyl (C=O) groups excluding carboxylic acids is 1. The molecular weight excluding hydrogens is 266 g/mol. The molecule has 8 heteroatoms. The number of ether oxygens (including phenoxy) is 1. The van der Waals surface area contributed by atoms with E-state index in [4.69, 9.17) is 4.74 Å². The van der Waals surface area contributed by atoms with Gasteiger partial charge in [-0.25, -0.2) is 0 Å². The third-order valence-corrected chi connectivity index (χ3v) is 3.79. The molecule has 1 unspecified atom stereocenters. The molecule has 0 aliphatic carbocycles. The molecule has 0 radical (unpaired) electrons. The van der Waals surface area contributed by atoms with E-state index < -0.39 is 0 Å². The quantitative estimate of drug-likeness (QED) is 0.794. The molecule has 1 aliphatic heterocycles. The van der Waals surface area contributed by atoms with Crippen LogP contribution < -0.4 is 10.6 Å². The second-order valence-electron chi connectivity index (χ2n) is 4.45. The molecule has 1 saturated heterocycles. The standard InChI is InChI=1S/C11H19N5O2S/c1-8(7-16-3-5-18-6-4-16)13-9(17)10-14-15-11(12-2)19-10/h8H,3-7H2,1-2H3,(H,12,15)(H,13,17). The van der Waals surface area contributed by atoms with Gasteiger partial charge in [0.1, 0.15) is 0 Å². The normalized spacial score (nSPS) is 18.0. The summed E-state index contributed by atoms with van der Waals surface area (Å²) in [5, 5.41) is 14.5. The van der Waals surface area contributed by atoms with Crippen LogP contribution in [0.2, 0.25) is 0 Å². The molecule has 1 atom stereocenters. The SMILES string of the molecule is CNc1nnc(C(=O)NC(C)CN2CCOCC2)s1. The molecule has 2 rings (SSSR count). The van der Waals surface area contributed by atoms with Gasteiger partial charge in [-0.05, 0) is 6.92 Å². The Hall–Kier alpha value is -1.25. The Morgan fingerprint density at radius 1 is 1.47 bits per heavy atom. The smallest absolute Gasteiger partial charge is 0.282 e. The molecule has 1 amide bonds. The van der Waals surface area contributed by atoms with Crippen molar-refractivity contribution in [3.05, 3.63) is 5.01 Å². The van der Waals surface area contributed by atoms with Gasteiger partial charge in [-0.1, -0.05) is 11.3 Å². The lowest BCUT2D eigenvalue weighted by Gasteiger charge is -2.29. The van der Waals surface area contributed by atoms with E-state index in [-0.39, 0.29) is 11.9 Å². The molecule has 1 aromatic rings. The number of nitrogens with zero attached hydrogens (tertiary/aromatic N) is 3. The molecule has 2 N–H and O–H groups in total. The molecule has 1 aliphatic rings. The third-order valence-electron chi connectivity index (χ3n) is 2.85. The van der Waals surface area contributed by atoms with E-state index in [0.29, 0.717) is 10.1 Å². The van der Waals surface area contributed by atoms with Crippen LogP contribution in [-0.4, -0.2) is 66.9 Å². The minimum Gasteiger partial charge on any atom is -0.379 e. The van der Waals surface area contributed by atoms with Gasteiger partial charge in [0.25, 0.3) is 5.91 Å². The van der Waals surface area contributed by atoms with Crippen molar-refractivity contribution in [2.24, 2.45) is 0 Å². The van der Waals surface area contributed by atoms with Crippen LogP contribution in [0.15, 0.2) is 0 Å². The first-order valence-corrected chi connectivity index (χ1v) is 7.13. The van der Waals surface area contributed by atoms with Gasteiger partial charge in [0, 0.05) is 32.7 Å². The van der Waals surface area contributed by atoms with Crippen LogP contribution in [0.3, 0.4) is 0 Å². The van der Waals surface area contributed by atoms with Crippen molar-refractivity contribution in [3.63, 3.8) is 0 Å². The Morgan fingerprint density at radius 3 is 2.84 bits per heavy atom. The number of hydrogen-bond acceptors (Lipinski definition) is 7. The zero-order chi connectivity index (χ0) is 13.7. The Balaban J connectivity index is 1.80. The predicted octanol–water partition coefficient (Wildman–Crippen LogP) is 0.0303. The number of morpholine rings is 1. The maximum absolute atomic E-state index is 12.0. The molecule has 0 bridgehead atoms. The van der Waals surface area contributed by atoms with Crippen LogP contribution in [-0.2, 0) is 4.74 Å². The largest absolute Gasteiger partial charge is 0.379 e. The molecule has 1 fully saturated rings. The number of aromatic nitrogens is 2. The van der Waals surface area contributed by atoms with E-state index in [0.717, 1.165) is 32.8 Å². The fourth-order valence-electron chi connectivity index (χ4n) is 1.92. The molecule has 0 aromatic carbocycles. The van der Waals surface area contributed by atoms with Gasteiger partial charge in [0.15, 0.2) is 0 Å². The Kier molecular flexibility index (Phi) is 5.06. The first-order valence-electron chi connectivity index (χ1n) is 6.31. The lowest BCUT2D eigenvalue weighted by Crippen LogP contribution is -2.46. The number of carbonyl (C=O) groups is 1. The summed E-state index contributed by atoms with van der Waals surface area (Å²) < 4.78 is 5.29. The second-order valence-corrected chi connectivity index (χ2v) is 5.43. The highest BCUT2D eigenvalue weighted by Gasteiger charge is 2.18. The molecule has 19 heavy (non-hydrogen) atoms. The molecule has 2 heterocycles. The average molecular weight is 285 g/mol. The van der Waals surface area contributed by atoms with E-state index in [9.17, 15) is 4.79 Å². The topological polar surface area (TPSA) is 79.4 Å². The molecule has 106 valence electrons. The highest BCUT2D eigenvalue weighted by atomic mass is 32.1. The monoisotopic (exact) mass is 285 g/mol. The first-order chi connectivity index (χ1) is 9.19.